The van der Waals surface area contributed by atoms with Crippen LogP contribution in [0.4, 0.5) is 0 Å². The minimum Gasteiger partial charge on any atom is -0.460 e. The lowest BCUT2D eigenvalue weighted by molar-refractivity contribution is 0.545. The maximum absolute atomic E-state index is 5.61. The van der Waals surface area contributed by atoms with Gasteiger partial charge >= 0.3 is 0 Å². The lowest BCUT2D eigenvalue weighted by Crippen LogP contribution is -1.98. The molecule has 0 atom stereocenters. The molecule has 0 amide bonds. The van der Waals surface area contributed by atoms with Crippen molar-refractivity contribution in [1.29, 1.82) is 0 Å². The fraction of sp³-hybridized carbons (Fsp3) is 0.167. The molecule has 18 heavy (non-hydrogen) atoms. The maximum Gasteiger partial charge on any atom is 0.155 e. The first-order valence-corrected chi connectivity index (χ1v) is 6.29. The van der Waals surface area contributed by atoms with Gasteiger partial charge in [0, 0.05) is 6.54 Å². The second-order valence-electron chi connectivity index (χ2n) is 3.95. The van der Waals surface area contributed by atoms with Crippen LogP contribution < -0.4 is 5.73 Å². The zero-order chi connectivity index (χ0) is 12.7. The Balaban J connectivity index is 2.18. The number of imidazole rings is 1. The van der Waals surface area contributed by atoms with Gasteiger partial charge in [0.05, 0.1) is 5.69 Å². The van der Waals surface area contributed by atoms with Gasteiger partial charge in [0.2, 0.25) is 0 Å². The van der Waals surface area contributed by atoms with Crippen LogP contribution in [0.1, 0.15) is 11.5 Å². The van der Waals surface area contributed by atoms with Crippen molar-refractivity contribution < 1.29 is 4.42 Å². The summed E-state index contributed by atoms with van der Waals surface area (Å²) in [7, 11) is 0. The van der Waals surface area contributed by atoms with E-state index in [2.05, 4.69) is 26.0 Å². The topological polar surface area (TPSA) is 69.3 Å². The largest absolute Gasteiger partial charge is 0.460 e. The summed E-state index contributed by atoms with van der Waals surface area (Å²) in [6, 6.07) is 7.59. The van der Waals surface area contributed by atoms with Crippen molar-refractivity contribution in [2.75, 3.05) is 0 Å². The molecule has 3 aromatic heterocycles. The standard InChI is InChI=1S/C12H11BrN4O/c1-7-2-4-10(18-7)8-3-5-11-15-9(6-14)12(13)17(11)16-8/h2-5H,6,14H2,1H3. The van der Waals surface area contributed by atoms with Crippen LogP contribution in [0.5, 0.6) is 0 Å². The number of aromatic nitrogens is 3. The molecule has 6 heteroatoms. The average Bonchev–Trinajstić information content (AvgIpc) is 2.94. The highest BCUT2D eigenvalue weighted by molar-refractivity contribution is 9.10. The number of nitrogens with zero attached hydrogens (tertiary/aromatic N) is 3. The minimum atomic E-state index is 0.374. The molecule has 0 unspecified atom stereocenters. The van der Waals surface area contributed by atoms with Gasteiger partial charge < -0.3 is 10.2 Å². The predicted octanol–water partition coefficient (Wildman–Crippen LogP) is 2.52. The Labute approximate surface area is 112 Å². The average molecular weight is 307 g/mol. The molecule has 0 aliphatic heterocycles. The van der Waals surface area contributed by atoms with E-state index in [1.54, 1.807) is 4.52 Å². The minimum absolute atomic E-state index is 0.374. The van der Waals surface area contributed by atoms with Crippen LogP contribution in [0.3, 0.4) is 0 Å². The number of furan rings is 1. The van der Waals surface area contributed by atoms with E-state index in [1.165, 1.54) is 0 Å². The van der Waals surface area contributed by atoms with Crippen LogP contribution in [-0.4, -0.2) is 14.6 Å². The van der Waals surface area contributed by atoms with Crippen molar-refractivity contribution in [2.45, 2.75) is 13.5 Å². The molecule has 0 radical (unpaired) electrons. The van der Waals surface area contributed by atoms with Gasteiger partial charge in [0.1, 0.15) is 16.1 Å². The van der Waals surface area contributed by atoms with Gasteiger partial charge in [0.15, 0.2) is 11.4 Å². The van der Waals surface area contributed by atoms with E-state index in [4.69, 9.17) is 10.2 Å². The van der Waals surface area contributed by atoms with Crippen LogP contribution in [0.15, 0.2) is 33.3 Å². The molecule has 0 bridgehead atoms. The molecule has 3 aromatic rings. The molecule has 5 nitrogen and oxygen atoms in total. The third-order valence-electron chi connectivity index (χ3n) is 2.67. The molecule has 92 valence electrons. The predicted molar refractivity (Wildman–Crippen MR) is 71.0 cm³/mol. The quantitative estimate of drug-likeness (QED) is 0.790. The number of rotatable bonds is 2. The molecule has 0 aliphatic rings. The first kappa shape index (κ1) is 11.4. The summed E-state index contributed by atoms with van der Waals surface area (Å²) in [5.74, 6) is 1.60. The summed E-state index contributed by atoms with van der Waals surface area (Å²) in [6.45, 7) is 2.28. The molecule has 3 rings (SSSR count). The summed E-state index contributed by atoms with van der Waals surface area (Å²) < 4.78 is 8.06. The second-order valence-corrected chi connectivity index (χ2v) is 4.70. The summed E-state index contributed by atoms with van der Waals surface area (Å²) in [5.41, 5.74) is 7.92. The Bertz CT molecular complexity index is 716. The maximum atomic E-state index is 5.61. The van der Waals surface area contributed by atoms with E-state index < -0.39 is 0 Å². The number of fused-ring (bicyclic) bond motifs is 1. The number of hydrogen-bond donors (Lipinski definition) is 1. The highest BCUT2D eigenvalue weighted by Gasteiger charge is 2.11. The molecular formula is C12H11BrN4O. The van der Waals surface area contributed by atoms with E-state index >= 15 is 0 Å². The van der Waals surface area contributed by atoms with E-state index in [9.17, 15) is 0 Å². The summed E-state index contributed by atoms with van der Waals surface area (Å²) in [5, 5.41) is 4.48. The Hall–Kier alpha value is -1.66. The SMILES string of the molecule is Cc1ccc(-c2ccc3nc(CN)c(Br)n3n2)o1. The smallest absolute Gasteiger partial charge is 0.155 e. The molecule has 3 heterocycles. The molecule has 2 N–H and O–H groups in total. The van der Waals surface area contributed by atoms with Gasteiger partial charge in [-0.15, -0.1) is 0 Å². The lowest BCUT2D eigenvalue weighted by Gasteiger charge is -1.98. The van der Waals surface area contributed by atoms with Crippen LogP contribution in [0, 0.1) is 6.92 Å². The Morgan fingerprint density at radius 2 is 2.17 bits per heavy atom. The van der Waals surface area contributed by atoms with Crippen molar-refractivity contribution in [3.63, 3.8) is 0 Å². The van der Waals surface area contributed by atoms with Crippen molar-refractivity contribution in [3.05, 3.63) is 40.3 Å². The summed E-state index contributed by atoms with van der Waals surface area (Å²) >= 11 is 3.45. The third-order valence-corrected chi connectivity index (χ3v) is 3.47. The highest BCUT2D eigenvalue weighted by Crippen LogP contribution is 2.23. The van der Waals surface area contributed by atoms with Gasteiger partial charge in [-0.3, -0.25) is 0 Å². The third kappa shape index (κ3) is 1.74. The van der Waals surface area contributed by atoms with E-state index in [-0.39, 0.29) is 0 Å². The number of halogens is 1. The second kappa shape index (κ2) is 4.22. The van der Waals surface area contributed by atoms with E-state index in [0.717, 1.165) is 33.2 Å². The van der Waals surface area contributed by atoms with Crippen molar-refractivity contribution in [2.24, 2.45) is 5.73 Å². The van der Waals surface area contributed by atoms with Crippen LogP contribution in [-0.2, 0) is 6.54 Å². The van der Waals surface area contributed by atoms with Gasteiger partial charge in [-0.25, -0.2) is 9.50 Å². The van der Waals surface area contributed by atoms with Crippen molar-refractivity contribution >= 4 is 21.6 Å². The Morgan fingerprint density at radius 3 is 2.83 bits per heavy atom. The molecule has 0 saturated heterocycles. The fourth-order valence-corrected chi connectivity index (χ4v) is 2.30. The Kier molecular flexibility index (Phi) is 2.68. The Morgan fingerprint density at radius 1 is 1.33 bits per heavy atom. The molecule has 0 saturated carbocycles. The van der Waals surface area contributed by atoms with Crippen LogP contribution >= 0.6 is 15.9 Å². The van der Waals surface area contributed by atoms with Crippen molar-refractivity contribution in [3.8, 4) is 11.5 Å². The highest BCUT2D eigenvalue weighted by atomic mass is 79.9. The van der Waals surface area contributed by atoms with E-state index in [0.29, 0.717) is 6.54 Å². The summed E-state index contributed by atoms with van der Waals surface area (Å²) in [4.78, 5) is 4.37. The van der Waals surface area contributed by atoms with Crippen LogP contribution in [0.25, 0.3) is 17.1 Å². The lowest BCUT2D eigenvalue weighted by atomic mass is 10.3. The van der Waals surface area contributed by atoms with Crippen LogP contribution in [0.2, 0.25) is 0 Å². The molecule has 0 aliphatic carbocycles. The fourth-order valence-electron chi connectivity index (χ4n) is 1.79. The first-order chi connectivity index (χ1) is 8.69. The molecule has 0 fully saturated rings. The first-order valence-electron chi connectivity index (χ1n) is 5.50. The normalized spacial score (nSPS) is 11.3. The molecule has 0 aromatic carbocycles. The van der Waals surface area contributed by atoms with E-state index in [1.807, 2.05) is 31.2 Å². The number of nitrogens with two attached hydrogens (primary N) is 1. The van der Waals surface area contributed by atoms with Gasteiger partial charge in [-0.2, -0.15) is 5.10 Å². The summed E-state index contributed by atoms with van der Waals surface area (Å²) in [6.07, 6.45) is 0. The van der Waals surface area contributed by atoms with Crippen molar-refractivity contribution in [1.82, 2.24) is 14.6 Å². The monoisotopic (exact) mass is 306 g/mol. The zero-order valence-corrected chi connectivity index (χ0v) is 11.3. The molecular weight excluding hydrogens is 296 g/mol. The van der Waals surface area contributed by atoms with Gasteiger partial charge in [-0.05, 0) is 47.1 Å². The number of hydrogen-bond acceptors (Lipinski definition) is 4. The van der Waals surface area contributed by atoms with Gasteiger partial charge in [0.25, 0.3) is 0 Å². The molecule has 0 spiro atoms. The zero-order valence-electron chi connectivity index (χ0n) is 9.72. The van der Waals surface area contributed by atoms with Gasteiger partial charge in [-0.1, -0.05) is 0 Å². The number of aryl methyl sites for hydroxylation is 1.